The van der Waals surface area contributed by atoms with Crippen LogP contribution in [0.25, 0.3) is 11.1 Å². The van der Waals surface area contributed by atoms with E-state index in [2.05, 4.69) is 24.4 Å². The lowest BCUT2D eigenvalue weighted by atomic mass is 9.99. The third kappa shape index (κ3) is 2.77. The summed E-state index contributed by atoms with van der Waals surface area (Å²) in [6.45, 7) is 2.15. The van der Waals surface area contributed by atoms with Crippen molar-refractivity contribution >= 4 is 0 Å². The zero-order valence-corrected chi connectivity index (χ0v) is 10.8. The maximum absolute atomic E-state index is 13.2. The highest BCUT2D eigenvalue weighted by atomic mass is 19.1. The summed E-state index contributed by atoms with van der Waals surface area (Å²) in [5, 5.41) is 3.28. The summed E-state index contributed by atoms with van der Waals surface area (Å²) < 4.78 is 13.2. The predicted octanol–water partition coefficient (Wildman–Crippen LogP) is 4.16. The maximum Gasteiger partial charge on any atom is 0.123 e. The fourth-order valence-electron chi connectivity index (χ4n) is 2.18. The van der Waals surface area contributed by atoms with Gasteiger partial charge in [-0.3, -0.25) is 0 Å². The van der Waals surface area contributed by atoms with Crippen LogP contribution in [0.15, 0.2) is 48.5 Å². The fraction of sp³-hybridized carbons (Fsp3) is 0.250. The molecule has 2 aromatic rings. The largest absolute Gasteiger partial charge is 0.313 e. The first-order valence-electron chi connectivity index (χ1n) is 6.27. The summed E-state index contributed by atoms with van der Waals surface area (Å²) >= 11 is 0. The summed E-state index contributed by atoms with van der Waals surface area (Å²) in [5.74, 6) is -0.196. The van der Waals surface area contributed by atoms with Crippen molar-refractivity contribution in [3.8, 4) is 11.1 Å². The van der Waals surface area contributed by atoms with Gasteiger partial charge in [0.15, 0.2) is 0 Å². The highest BCUT2D eigenvalue weighted by Crippen LogP contribution is 2.23. The molecular weight excluding hydrogens is 225 g/mol. The second-order valence-electron chi connectivity index (χ2n) is 4.38. The molecule has 1 N–H and O–H groups in total. The zero-order valence-electron chi connectivity index (χ0n) is 10.8. The van der Waals surface area contributed by atoms with Crippen molar-refractivity contribution in [2.75, 3.05) is 7.05 Å². The Morgan fingerprint density at radius 2 is 1.78 bits per heavy atom. The van der Waals surface area contributed by atoms with Crippen molar-refractivity contribution < 1.29 is 4.39 Å². The maximum atomic E-state index is 13.2. The van der Waals surface area contributed by atoms with Crippen LogP contribution in [0.4, 0.5) is 4.39 Å². The number of nitrogens with one attached hydrogen (secondary N) is 1. The van der Waals surface area contributed by atoms with Gasteiger partial charge in [-0.2, -0.15) is 0 Å². The predicted molar refractivity (Wildman–Crippen MR) is 73.9 cm³/mol. The molecular formula is C16H18FN. The summed E-state index contributed by atoms with van der Waals surface area (Å²) in [7, 11) is 1.97. The Morgan fingerprint density at radius 1 is 1.06 bits per heavy atom. The first-order chi connectivity index (χ1) is 8.74. The average molecular weight is 243 g/mol. The van der Waals surface area contributed by atoms with E-state index in [0.717, 1.165) is 17.5 Å². The van der Waals surface area contributed by atoms with E-state index in [0.29, 0.717) is 6.04 Å². The molecule has 0 bridgehead atoms. The second kappa shape index (κ2) is 5.78. The quantitative estimate of drug-likeness (QED) is 0.850. The molecule has 0 fully saturated rings. The van der Waals surface area contributed by atoms with Gasteiger partial charge >= 0.3 is 0 Å². The lowest BCUT2D eigenvalue weighted by molar-refractivity contribution is 0.577. The highest BCUT2D eigenvalue weighted by Gasteiger charge is 2.06. The fourth-order valence-corrected chi connectivity index (χ4v) is 2.18. The molecule has 18 heavy (non-hydrogen) atoms. The Kier molecular flexibility index (Phi) is 4.11. The first-order valence-corrected chi connectivity index (χ1v) is 6.27. The van der Waals surface area contributed by atoms with Crippen molar-refractivity contribution in [3.63, 3.8) is 0 Å². The molecule has 0 aliphatic heterocycles. The monoisotopic (exact) mass is 243 g/mol. The van der Waals surface area contributed by atoms with Gasteiger partial charge in [0.25, 0.3) is 0 Å². The van der Waals surface area contributed by atoms with Gasteiger partial charge in [-0.05, 0) is 42.3 Å². The lowest BCUT2D eigenvalue weighted by Crippen LogP contribution is -2.14. The van der Waals surface area contributed by atoms with E-state index < -0.39 is 0 Å². The molecule has 2 aromatic carbocycles. The van der Waals surface area contributed by atoms with E-state index in [1.807, 2.05) is 25.2 Å². The van der Waals surface area contributed by atoms with E-state index in [1.165, 1.54) is 11.6 Å². The Bertz CT molecular complexity index is 501. The SMILES string of the molecule is CCC(NC)c1ccc(-c2cccc(F)c2)cc1. The van der Waals surface area contributed by atoms with E-state index >= 15 is 0 Å². The number of rotatable bonds is 4. The van der Waals surface area contributed by atoms with Crippen LogP contribution in [0.2, 0.25) is 0 Å². The van der Waals surface area contributed by atoms with Gasteiger partial charge in [0, 0.05) is 6.04 Å². The van der Waals surface area contributed by atoms with Gasteiger partial charge in [-0.15, -0.1) is 0 Å². The molecule has 0 aliphatic carbocycles. The number of benzene rings is 2. The van der Waals surface area contributed by atoms with E-state index in [9.17, 15) is 4.39 Å². The summed E-state index contributed by atoms with van der Waals surface area (Å²) in [6, 6.07) is 15.4. The molecule has 0 spiro atoms. The Balaban J connectivity index is 2.27. The minimum Gasteiger partial charge on any atom is -0.313 e. The lowest BCUT2D eigenvalue weighted by Gasteiger charge is -2.14. The van der Waals surface area contributed by atoms with Crippen LogP contribution in [0.1, 0.15) is 24.9 Å². The van der Waals surface area contributed by atoms with E-state index in [4.69, 9.17) is 0 Å². The highest BCUT2D eigenvalue weighted by molar-refractivity contribution is 5.63. The van der Waals surface area contributed by atoms with E-state index in [1.54, 1.807) is 12.1 Å². The van der Waals surface area contributed by atoms with Crippen LogP contribution in [-0.4, -0.2) is 7.05 Å². The molecule has 0 saturated heterocycles. The van der Waals surface area contributed by atoms with Crippen LogP contribution < -0.4 is 5.32 Å². The third-order valence-electron chi connectivity index (χ3n) is 3.23. The Hall–Kier alpha value is -1.67. The molecule has 0 radical (unpaired) electrons. The van der Waals surface area contributed by atoms with Crippen LogP contribution >= 0.6 is 0 Å². The topological polar surface area (TPSA) is 12.0 Å². The van der Waals surface area contributed by atoms with Crippen molar-refractivity contribution in [1.82, 2.24) is 5.32 Å². The average Bonchev–Trinajstić information content (AvgIpc) is 2.41. The smallest absolute Gasteiger partial charge is 0.123 e. The summed E-state index contributed by atoms with van der Waals surface area (Å²) in [5.41, 5.74) is 3.23. The van der Waals surface area contributed by atoms with Crippen LogP contribution in [-0.2, 0) is 0 Å². The molecule has 0 aliphatic rings. The minimum absolute atomic E-state index is 0.196. The molecule has 0 amide bonds. The van der Waals surface area contributed by atoms with Gasteiger partial charge < -0.3 is 5.32 Å². The molecule has 94 valence electrons. The standard InChI is InChI=1S/C16H18FN/c1-3-16(18-2)13-9-7-12(8-10-13)14-5-4-6-15(17)11-14/h4-11,16,18H,3H2,1-2H3. The summed E-state index contributed by atoms with van der Waals surface area (Å²) in [4.78, 5) is 0. The Labute approximate surface area is 108 Å². The van der Waals surface area contributed by atoms with Crippen LogP contribution in [0, 0.1) is 5.82 Å². The zero-order chi connectivity index (χ0) is 13.0. The van der Waals surface area contributed by atoms with Gasteiger partial charge in [0.05, 0.1) is 0 Å². The van der Waals surface area contributed by atoms with Crippen molar-refractivity contribution in [1.29, 1.82) is 0 Å². The van der Waals surface area contributed by atoms with Gasteiger partial charge in [-0.1, -0.05) is 43.3 Å². The molecule has 1 unspecified atom stereocenters. The second-order valence-corrected chi connectivity index (χ2v) is 4.38. The van der Waals surface area contributed by atoms with Gasteiger partial charge in [0.2, 0.25) is 0 Å². The molecule has 2 rings (SSSR count). The van der Waals surface area contributed by atoms with Crippen LogP contribution in [0.3, 0.4) is 0 Å². The first kappa shape index (κ1) is 12.8. The van der Waals surface area contributed by atoms with Gasteiger partial charge in [-0.25, -0.2) is 4.39 Å². The van der Waals surface area contributed by atoms with Gasteiger partial charge in [0.1, 0.15) is 5.82 Å². The minimum atomic E-state index is -0.196. The number of hydrogen-bond acceptors (Lipinski definition) is 1. The van der Waals surface area contributed by atoms with Crippen LogP contribution in [0.5, 0.6) is 0 Å². The molecule has 0 heterocycles. The van der Waals surface area contributed by atoms with Crippen molar-refractivity contribution in [3.05, 3.63) is 59.9 Å². The summed E-state index contributed by atoms with van der Waals surface area (Å²) in [6.07, 6.45) is 1.05. The third-order valence-corrected chi connectivity index (χ3v) is 3.23. The molecule has 0 aromatic heterocycles. The normalized spacial score (nSPS) is 12.4. The van der Waals surface area contributed by atoms with Crippen molar-refractivity contribution in [2.45, 2.75) is 19.4 Å². The molecule has 1 nitrogen and oxygen atoms in total. The Morgan fingerprint density at radius 3 is 2.33 bits per heavy atom. The van der Waals surface area contributed by atoms with Crippen molar-refractivity contribution in [2.24, 2.45) is 0 Å². The molecule has 0 saturated carbocycles. The number of halogens is 1. The number of hydrogen-bond donors (Lipinski definition) is 1. The molecule has 2 heteroatoms. The van der Waals surface area contributed by atoms with E-state index in [-0.39, 0.29) is 5.82 Å². The molecule has 1 atom stereocenters.